The van der Waals surface area contributed by atoms with Crippen LogP contribution in [0.15, 0.2) is 24.4 Å². The molecule has 1 saturated carbocycles. The summed E-state index contributed by atoms with van der Waals surface area (Å²) in [5.74, 6) is -0.0793. The third kappa shape index (κ3) is 1.95. The molecular weight excluding hydrogens is 186 g/mol. The Hall–Kier alpha value is -1.16. The molecule has 1 heterocycles. The van der Waals surface area contributed by atoms with Crippen molar-refractivity contribution in [2.75, 3.05) is 0 Å². The first-order valence-electron chi connectivity index (χ1n) is 4.17. The van der Waals surface area contributed by atoms with E-state index in [0.29, 0.717) is 4.64 Å². The Bertz CT molecular complexity index is 381. The minimum absolute atomic E-state index is 0.0992. The van der Waals surface area contributed by atoms with Crippen molar-refractivity contribution in [3.63, 3.8) is 0 Å². The molecular formula is C9H9NO2S. The van der Waals surface area contributed by atoms with Crippen LogP contribution in [0, 0.1) is 10.6 Å². The van der Waals surface area contributed by atoms with E-state index < -0.39 is 0 Å². The summed E-state index contributed by atoms with van der Waals surface area (Å²) in [6.07, 6.45) is 3.53. The minimum Gasteiger partial charge on any atom is -0.335 e. The average Bonchev–Trinajstić information content (AvgIpc) is 2.91. The molecule has 1 aromatic heterocycles. The van der Waals surface area contributed by atoms with Crippen LogP contribution >= 0.6 is 12.2 Å². The minimum atomic E-state index is -0.178. The number of nitrogens with zero attached hydrogens (tertiary/aromatic N) is 1. The van der Waals surface area contributed by atoms with Gasteiger partial charge in [0.2, 0.25) is 0 Å². The average molecular weight is 195 g/mol. The molecule has 1 aliphatic rings. The molecule has 0 N–H and O–H groups in total. The van der Waals surface area contributed by atoms with E-state index in [1.54, 1.807) is 18.3 Å². The molecule has 2 rings (SSSR count). The second-order valence-electron chi connectivity index (χ2n) is 3.05. The van der Waals surface area contributed by atoms with Gasteiger partial charge in [0.1, 0.15) is 4.64 Å². The van der Waals surface area contributed by atoms with Gasteiger partial charge < -0.3 is 4.84 Å². The molecule has 0 atom stereocenters. The van der Waals surface area contributed by atoms with Gasteiger partial charge in [0.25, 0.3) is 0 Å². The van der Waals surface area contributed by atoms with Crippen LogP contribution in [0.5, 0.6) is 0 Å². The highest BCUT2D eigenvalue weighted by atomic mass is 32.1. The summed E-state index contributed by atoms with van der Waals surface area (Å²) in [7, 11) is 0. The molecule has 1 aromatic rings. The summed E-state index contributed by atoms with van der Waals surface area (Å²) in [4.78, 5) is 16.3. The molecule has 0 saturated heterocycles. The van der Waals surface area contributed by atoms with Gasteiger partial charge in [-0.05, 0) is 25.0 Å². The van der Waals surface area contributed by atoms with Gasteiger partial charge in [-0.1, -0.05) is 18.3 Å². The number of pyridine rings is 1. The fourth-order valence-electron chi connectivity index (χ4n) is 0.979. The molecule has 4 heteroatoms. The third-order valence-electron chi connectivity index (χ3n) is 1.89. The molecule has 3 nitrogen and oxygen atoms in total. The SMILES string of the molecule is O=C(On1ccccc1=S)C1CC1. The van der Waals surface area contributed by atoms with E-state index in [1.165, 1.54) is 4.73 Å². The maximum atomic E-state index is 11.2. The maximum Gasteiger partial charge on any atom is 0.335 e. The van der Waals surface area contributed by atoms with Gasteiger partial charge in [-0.2, -0.15) is 4.73 Å². The van der Waals surface area contributed by atoms with E-state index in [9.17, 15) is 4.79 Å². The predicted octanol–water partition coefficient (Wildman–Crippen LogP) is 1.58. The van der Waals surface area contributed by atoms with Crippen LogP contribution in [0.25, 0.3) is 0 Å². The quantitative estimate of drug-likeness (QED) is 0.671. The van der Waals surface area contributed by atoms with Gasteiger partial charge in [0.05, 0.1) is 5.92 Å². The van der Waals surface area contributed by atoms with E-state index in [1.807, 2.05) is 6.07 Å². The molecule has 68 valence electrons. The lowest BCUT2D eigenvalue weighted by atomic mass is 10.4. The number of hydrogen-bond acceptors (Lipinski definition) is 3. The first-order valence-corrected chi connectivity index (χ1v) is 4.58. The van der Waals surface area contributed by atoms with Crippen LogP contribution in [0.4, 0.5) is 0 Å². The van der Waals surface area contributed by atoms with Crippen molar-refractivity contribution in [2.45, 2.75) is 12.8 Å². The molecule has 0 aromatic carbocycles. The fraction of sp³-hybridized carbons (Fsp3) is 0.333. The van der Waals surface area contributed by atoms with Crippen molar-refractivity contribution in [3.8, 4) is 0 Å². The van der Waals surface area contributed by atoms with Crippen molar-refractivity contribution in [3.05, 3.63) is 29.0 Å². The number of aromatic nitrogens is 1. The molecule has 1 fully saturated rings. The van der Waals surface area contributed by atoms with Gasteiger partial charge in [0.15, 0.2) is 0 Å². The number of carbonyl (C=O) groups is 1. The molecule has 0 amide bonds. The molecule has 0 radical (unpaired) electrons. The summed E-state index contributed by atoms with van der Waals surface area (Å²) in [6, 6.07) is 5.30. The van der Waals surface area contributed by atoms with Crippen molar-refractivity contribution in [1.29, 1.82) is 0 Å². The van der Waals surface area contributed by atoms with E-state index in [2.05, 4.69) is 0 Å². The largest absolute Gasteiger partial charge is 0.335 e. The van der Waals surface area contributed by atoms with Crippen LogP contribution in [-0.4, -0.2) is 10.7 Å². The number of hydrogen-bond donors (Lipinski definition) is 0. The van der Waals surface area contributed by atoms with Crippen molar-refractivity contribution < 1.29 is 9.63 Å². The lowest BCUT2D eigenvalue weighted by Gasteiger charge is -2.05. The Morgan fingerprint density at radius 3 is 2.92 bits per heavy atom. The van der Waals surface area contributed by atoms with Crippen LogP contribution < -0.4 is 4.84 Å². The Morgan fingerprint density at radius 2 is 2.31 bits per heavy atom. The van der Waals surface area contributed by atoms with Crippen LogP contribution in [0.2, 0.25) is 0 Å². The molecule has 13 heavy (non-hydrogen) atoms. The van der Waals surface area contributed by atoms with Crippen LogP contribution in [-0.2, 0) is 4.79 Å². The topological polar surface area (TPSA) is 31.2 Å². The highest BCUT2D eigenvalue weighted by Gasteiger charge is 2.32. The normalized spacial score (nSPS) is 15.4. The molecule has 0 unspecified atom stereocenters. The van der Waals surface area contributed by atoms with Crippen LogP contribution in [0.1, 0.15) is 12.8 Å². The monoisotopic (exact) mass is 195 g/mol. The van der Waals surface area contributed by atoms with Gasteiger partial charge >= 0.3 is 5.97 Å². The Labute approximate surface area is 80.9 Å². The second-order valence-corrected chi connectivity index (χ2v) is 3.47. The number of carbonyl (C=O) groups excluding carboxylic acids is 1. The summed E-state index contributed by atoms with van der Waals surface area (Å²) in [5.41, 5.74) is 0. The third-order valence-corrected chi connectivity index (χ3v) is 2.20. The molecule has 0 bridgehead atoms. The lowest BCUT2D eigenvalue weighted by molar-refractivity contribution is -0.145. The second kappa shape index (κ2) is 3.30. The maximum absolute atomic E-state index is 11.2. The first-order chi connectivity index (χ1) is 6.27. The van der Waals surface area contributed by atoms with Gasteiger partial charge in [-0.3, -0.25) is 0 Å². The molecule has 1 aliphatic carbocycles. The summed E-state index contributed by atoms with van der Waals surface area (Å²) < 4.78 is 1.84. The predicted molar refractivity (Wildman–Crippen MR) is 49.6 cm³/mol. The summed E-state index contributed by atoms with van der Waals surface area (Å²) >= 11 is 4.96. The van der Waals surface area contributed by atoms with E-state index in [0.717, 1.165) is 12.8 Å². The Kier molecular flexibility index (Phi) is 2.14. The van der Waals surface area contributed by atoms with Crippen LogP contribution in [0.3, 0.4) is 0 Å². The first kappa shape index (κ1) is 8.44. The van der Waals surface area contributed by atoms with E-state index >= 15 is 0 Å². The van der Waals surface area contributed by atoms with Gasteiger partial charge in [-0.25, -0.2) is 4.79 Å². The highest BCUT2D eigenvalue weighted by Crippen LogP contribution is 2.29. The highest BCUT2D eigenvalue weighted by molar-refractivity contribution is 7.71. The van der Waals surface area contributed by atoms with E-state index in [-0.39, 0.29) is 11.9 Å². The smallest absolute Gasteiger partial charge is 0.335 e. The zero-order valence-electron chi connectivity index (χ0n) is 6.97. The lowest BCUT2D eigenvalue weighted by Crippen LogP contribution is -2.21. The van der Waals surface area contributed by atoms with Gasteiger partial charge in [-0.15, -0.1) is 0 Å². The Morgan fingerprint density at radius 1 is 1.54 bits per heavy atom. The summed E-state index contributed by atoms with van der Waals surface area (Å²) in [6.45, 7) is 0. The fourth-order valence-corrected chi connectivity index (χ4v) is 1.16. The molecule has 0 spiro atoms. The zero-order valence-corrected chi connectivity index (χ0v) is 7.79. The molecule has 0 aliphatic heterocycles. The summed E-state index contributed by atoms with van der Waals surface area (Å²) in [5, 5.41) is 0. The zero-order chi connectivity index (χ0) is 9.26. The standard InChI is InChI=1S/C9H9NO2S/c11-9(7-4-5-7)12-10-6-2-1-3-8(10)13/h1-3,6-7H,4-5H2. The van der Waals surface area contributed by atoms with E-state index in [4.69, 9.17) is 17.1 Å². The van der Waals surface area contributed by atoms with Crippen molar-refractivity contribution in [1.82, 2.24) is 4.73 Å². The van der Waals surface area contributed by atoms with Gasteiger partial charge in [0, 0.05) is 6.20 Å². The van der Waals surface area contributed by atoms with Crippen molar-refractivity contribution in [2.24, 2.45) is 5.92 Å². The number of rotatable bonds is 2. The Balaban J connectivity index is 2.13. The van der Waals surface area contributed by atoms with Crippen molar-refractivity contribution >= 4 is 18.2 Å².